The summed E-state index contributed by atoms with van der Waals surface area (Å²) in [5.41, 5.74) is -0.125. The zero-order valence-corrected chi connectivity index (χ0v) is 6.19. The Labute approximate surface area is 70.8 Å². The number of benzene rings is 1. The lowest BCUT2D eigenvalue weighted by atomic mass is 10.2. The largest absolute Gasteiger partial charge is 0.419 e. The summed E-state index contributed by atoms with van der Waals surface area (Å²) >= 11 is 0. The van der Waals surface area contributed by atoms with Crippen molar-refractivity contribution in [2.75, 3.05) is 5.48 Å². The third-order valence-electron chi connectivity index (χ3n) is 1.40. The molecule has 0 amide bonds. The van der Waals surface area contributed by atoms with Crippen LogP contribution in [0.25, 0.3) is 0 Å². The average molecular weight is 195 g/mol. The van der Waals surface area contributed by atoms with Gasteiger partial charge in [-0.3, -0.25) is 10.7 Å². The molecule has 0 aliphatic heterocycles. The second kappa shape index (κ2) is 3.21. The molecule has 6 heteroatoms. The van der Waals surface area contributed by atoms with Crippen molar-refractivity contribution < 1.29 is 22.8 Å². The van der Waals surface area contributed by atoms with Crippen LogP contribution in [0.1, 0.15) is 5.56 Å². The zero-order chi connectivity index (χ0) is 10.1. The topological polar surface area (TPSA) is 32.3 Å². The van der Waals surface area contributed by atoms with Gasteiger partial charge in [-0.1, -0.05) is 0 Å². The first kappa shape index (κ1) is 9.79. The van der Waals surface area contributed by atoms with E-state index in [2.05, 4.69) is 0 Å². The minimum atomic E-state index is -4.75. The molecule has 0 bridgehead atoms. The van der Waals surface area contributed by atoms with Gasteiger partial charge in [-0.05, 0) is 18.2 Å². The van der Waals surface area contributed by atoms with Crippen molar-refractivity contribution in [3.63, 3.8) is 0 Å². The fourth-order valence-electron chi connectivity index (χ4n) is 0.812. The van der Waals surface area contributed by atoms with Crippen molar-refractivity contribution in [2.45, 2.75) is 6.18 Å². The molecule has 1 aromatic rings. The Morgan fingerprint density at radius 3 is 2.31 bits per heavy atom. The SMILES string of the molecule is ONc1ccc(F)c(C(F)(F)F)c1. The van der Waals surface area contributed by atoms with Crippen LogP contribution in [0.3, 0.4) is 0 Å². The number of halogens is 4. The molecule has 0 radical (unpaired) electrons. The van der Waals surface area contributed by atoms with Crippen LogP contribution in [-0.2, 0) is 6.18 Å². The Morgan fingerprint density at radius 2 is 1.85 bits per heavy atom. The van der Waals surface area contributed by atoms with Gasteiger partial charge in [-0.15, -0.1) is 0 Å². The lowest BCUT2D eigenvalue weighted by molar-refractivity contribution is -0.139. The number of hydrogen-bond acceptors (Lipinski definition) is 2. The van der Waals surface area contributed by atoms with E-state index in [9.17, 15) is 17.6 Å². The maximum absolute atomic E-state index is 12.6. The standard InChI is InChI=1S/C7H5F4NO/c8-6-2-1-4(12-13)3-5(6)7(9,10)11/h1-3,12-13H. The minimum Gasteiger partial charge on any atom is -0.291 e. The summed E-state index contributed by atoms with van der Waals surface area (Å²) < 4.78 is 48.6. The summed E-state index contributed by atoms with van der Waals surface area (Å²) in [6.45, 7) is 0. The molecule has 0 atom stereocenters. The fraction of sp³-hybridized carbons (Fsp3) is 0.143. The third kappa shape index (κ3) is 2.09. The first-order chi connectivity index (χ1) is 5.95. The van der Waals surface area contributed by atoms with Crippen LogP contribution in [0.5, 0.6) is 0 Å². The molecule has 0 aromatic heterocycles. The van der Waals surface area contributed by atoms with E-state index in [1.165, 1.54) is 5.48 Å². The van der Waals surface area contributed by atoms with E-state index in [4.69, 9.17) is 5.21 Å². The van der Waals surface area contributed by atoms with Gasteiger partial charge >= 0.3 is 6.18 Å². The lowest BCUT2D eigenvalue weighted by Crippen LogP contribution is -2.08. The van der Waals surface area contributed by atoms with Gasteiger partial charge in [0.2, 0.25) is 0 Å². The van der Waals surface area contributed by atoms with Crippen LogP contribution in [0.15, 0.2) is 18.2 Å². The molecule has 2 nitrogen and oxygen atoms in total. The van der Waals surface area contributed by atoms with E-state index in [1.54, 1.807) is 0 Å². The van der Waals surface area contributed by atoms with Crippen molar-refractivity contribution in [3.05, 3.63) is 29.6 Å². The maximum Gasteiger partial charge on any atom is 0.419 e. The smallest absolute Gasteiger partial charge is 0.291 e. The van der Waals surface area contributed by atoms with Crippen LogP contribution in [0, 0.1) is 5.82 Å². The molecule has 13 heavy (non-hydrogen) atoms. The van der Waals surface area contributed by atoms with Gasteiger partial charge in [0, 0.05) is 0 Å². The van der Waals surface area contributed by atoms with Gasteiger partial charge in [0.1, 0.15) is 5.82 Å². The number of anilines is 1. The molecule has 0 unspecified atom stereocenters. The van der Waals surface area contributed by atoms with Crippen molar-refractivity contribution in [1.29, 1.82) is 0 Å². The predicted molar refractivity (Wildman–Crippen MR) is 36.8 cm³/mol. The number of hydrogen-bond donors (Lipinski definition) is 2. The number of nitrogens with one attached hydrogen (secondary N) is 1. The summed E-state index contributed by atoms with van der Waals surface area (Å²) in [7, 11) is 0. The lowest BCUT2D eigenvalue weighted by Gasteiger charge is -2.08. The maximum atomic E-state index is 12.6. The van der Waals surface area contributed by atoms with Crippen molar-refractivity contribution in [1.82, 2.24) is 0 Å². The summed E-state index contributed by atoms with van der Waals surface area (Å²) in [6.07, 6.45) is -4.75. The fourth-order valence-corrected chi connectivity index (χ4v) is 0.812. The summed E-state index contributed by atoms with van der Waals surface area (Å²) in [5, 5.41) is 8.28. The van der Waals surface area contributed by atoms with Crippen molar-refractivity contribution in [2.24, 2.45) is 0 Å². The highest BCUT2D eigenvalue weighted by molar-refractivity contribution is 5.44. The van der Waals surface area contributed by atoms with E-state index >= 15 is 0 Å². The van der Waals surface area contributed by atoms with E-state index in [0.29, 0.717) is 12.1 Å². The van der Waals surface area contributed by atoms with E-state index in [-0.39, 0.29) is 5.69 Å². The van der Waals surface area contributed by atoms with Crippen LogP contribution < -0.4 is 5.48 Å². The Kier molecular flexibility index (Phi) is 2.42. The number of alkyl halides is 3. The Morgan fingerprint density at radius 1 is 1.23 bits per heavy atom. The van der Waals surface area contributed by atoms with Crippen LogP contribution in [0.2, 0.25) is 0 Å². The van der Waals surface area contributed by atoms with Crippen molar-refractivity contribution >= 4 is 5.69 Å². The van der Waals surface area contributed by atoms with Gasteiger partial charge in [-0.25, -0.2) is 4.39 Å². The Balaban J connectivity index is 3.19. The highest BCUT2D eigenvalue weighted by Gasteiger charge is 2.34. The molecule has 0 spiro atoms. The third-order valence-corrected chi connectivity index (χ3v) is 1.40. The van der Waals surface area contributed by atoms with Gasteiger partial charge in [0.05, 0.1) is 11.3 Å². The summed E-state index contributed by atoms with van der Waals surface area (Å²) in [6, 6.07) is 2.10. The molecule has 0 heterocycles. The van der Waals surface area contributed by atoms with Gasteiger partial charge in [0.15, 0.2) is 0 Å². The molecule has 1 aromatic carbocycles. The van der Waals surface area contributed by atoms with Crippen LogP contribution in [-0.4, -0.2) is 5.21 Å². The van der Waals surface area contributed by atoms with E-state index in [1.807, 2.05) is 0 Å². The first-order valence-electron chi connectivity index (χ1n) is 3.22. The molecular formula is C7H5F4NO. The number of rotatable bonds is 1. The average Bonchev–Trinajstić information content (AvgIpc) is 2.03. The second-order valence-electron chi connectivity index (χ2n) is 2.30. The molecule has 0 fully saturated rings. The molecule has 72 valence electrons. The first-order valence-corrected chi connectivity index (χ1v) is 3.22. The highest BCUT2D eigenvalue weighted by atomic mass is 19.4. The normalized spacial score (nSPS) is 11.5. The second-order valence-corrected chi connectivity index (χ2v) is 2.30. The highest BCUT2D eigenvalue weighted by Crippen LogP contribution is 2.32. The van der Waals surface area contributed by atoms with Gasteiger partial charge < -0.3 is 0 Å². The molecule has 0 aliphatic rings. The van der Waals surface area contributed by atoms with E-state index in [0.717, 1.165) is 6.07 Å². The molecule has 0 saturated heterocycles. The van der Waals surface area contributed by atoms with Crippen molar-refractivity contribution in [3.8, 4) is 0 Å². The summed E-state index contributed by atoms with van der Waals surface area (Å²) in [5.74, 6) is -1.37. The molecule has 2 N–H and O–H groups in total. The quantitative estimate of drug-likeness (QED) is 0.533. The Bertz CT molecular complexity index is 310. The zero-order valence-electron chi connectivity index (χ0n) is 6.19. The minimum absolute atomic E-state index is 0.214. The molecule has 1 rings (SSSR count). The Hall–Kier alpha value is -1.30. The monoisotopic (exact) mass is 195 g/mol. The van der Waals surface area contributed by atoms with Crippen LogP contribution in [0.4, 0.5) is 23.2 Å². The van der Waals surface area contributed by atoms with E-state index < -0.39 is 17.6 Å². The molecule has 0 aliphatic carbocycles. The molecule has 0 saturated carbocycles. The van der Waals surface area contributed by atoms with Gasteiger partial charge in [0.25, 0.3) is 0 Å². The van der Waals surface area contributed by atoms with Gasteiger partial charge in [-0.2, -0.15) is 13.2 Å². The predicted octanol–water partition coefficient (Wildman–Crippen LogP) is 2.65. The van der Waals surface area contributed by atoms with Crippen LogP contribution >= 0.6 is 0 Å². The summed E-state index contributed by atoms with van der Waals surface area (Å²) in [4.78, 5) is 0. The molecular weight excluding hydrogens is 190 g/mol.